The van der Waals surface area contributed by atoms with Gasteiger partial charge in [-0.3, -0.25) is 4.79 Å². The van der Waals surface area contributed by atoms with E-state index >= 15 is 0 Å². The molecule has 3 nitrogen and oxygen atoms in total. The van der Waals surface area contributed by atoms with Gasteiger partial charge in [0.15, 0.2) is 5.82 Å². The number of benzene rings is 1. The summed E-state index contributed by atoms with van der Waals surface area (Å²) in [7, 11) is 0. The van der Waals surface area contributed by atoms with Gasteiger partial charge in [-0.1, -0.05) is 23.2 Å². The molecule has 1 aromatic carbocycles. The van der Waals surface area contributed by atoms with Crippen LogP contribution in [0.5, 0.6) is 0 Å². The van der Waals surface area contributed by atoms with Crippen molar-refractivity contribution in [3.8, 4) is 0 Å². The van der Waals surface area contributed by atoms with Gasteiger partial charge in [-0.25, -0.2) is 4.98 Å². The SMILES string of the molecule is O=C(Nc1ncccc1Cl)c1ccc(Cl)cc1Br. The molecule has 0 spiro atoms. The van der Waals surface area contributed by atoms with Crippen LogP contribution in [0.15, 0.2) is 41.0 Å². The minimum atomic E-state index is -0.306. The second-order valence-corrected chi connectivity index (χ2v) is 5.11. The van der Waals surface area contributed by atoms with Gasteiger partial charge >= 0.3 is 0 Å². The number of hydrogen-bond donors (Lipinski definition) is 1. The van der Waals surface area contributed by atoms with Crippen LogP contribution in [-0.2, 0) is 0 Å². The zero-order chi connectivity index (χ0) is 13.1. The first kappa shape index (κ1) is 13.3. The molecule has 1 N–H and O–H groups in total. The zero-order valence-corrected chi connectivity index (χ0v) is 12.1. The predicted molar refractivity (Wildman–Crippen MR) is 76.4 cm³/mol. The Balaban J connectivity index is 2.25. The number of rotatable bonds is 2. The topological polar surface area (TPSA) is 42.0 Å². The van der Waals surface area contributed by atoms with Crippen LogP contribution in [0.1, 0.15) is 10.4 Å². The summed E-state index contributed by atoms with van der Waals surface area (Å²) < 4.78 is 0.611. The van der Waals surface area contributed by atoms with E-state index in [9.17, 15) is 4.79 Å². The molecule has 0 fully saturated rings. The monoisotopic (exact) mass is 344 g/mol. The van der Waals surface area contributed by atoms with Gasteiger partial charge in [0.25, 0.3) is 5.91 Å². The number of hydrogen-bond acceptors (Lipinski definition) is 2. The number of nitrogens with zero attached hydrogens (tertiary/aromatic N) is 1. The van der Waals surface area contributed by atoms with E-state index in [1.165, 1.54) is 0 Å². The third-order valence-electron chi connectivity index (χ3n) is 2.17. The highest BCUT2D eigenvalue weighted by Gasteiger charge is 2.12. The van der Waals surface area contributed by atoms with Crippen LogP contribution >= 0.6 is 39.1 Å². The maximum absolute atomic E-state index is 12.0. The second kappa shape index (κ2) is 5.69. The standard InChI is InChI=1S/C12H7BrCl2N2O/c13-9-6-7(14)3-4-8(9)12(18)17-11-10(15)2-1-5-16-11/h1-6H,(H,16,17,18). The normalized spacial score (nSPS) is 10.2. The van der Waals surface area contributed by atoms with Gasteiger partial charge in [-0.15, -0.1) is 0 Å². The van der Waals surface area contributed by atoms with Crippen molar-refractivity contribution < 1.29 is 4.79 Å². The van der Waals surface area contributed by atoms with Gasteiger partial charge in [-0.05, 0) is 46.3 Å². The van der Waals surface area contributed by atoms with Crippen LogP contribution in [-0.4, -0.2) is 10.9 Å². The van der Waals surface area contributed by atoms with Crippen molar-refractivity contribution in [3.05, 3.63) is 56.6 Å². The molecule has 18 heavy (non-hydrogen) atoms. The third-order valence-corrected chi connectivity index (χ3v) is 3.36. The fraction of sp³-hybridized carbons (Fsp3) is 0. The maximum Gasteiger partial charge on any atom is 0.258 e. The zero-order valence-electron chi connectivity index (χ0n) is 8.95. The molecule has 0 radical (unpaired) electrons. The smallest absolute Gasteiger partial charge is 0.258 e. The predicted octanol–water partition coefficient (Wildman–Crippen LogP) is 4.40. The van der Waals surface area contributed by atoms with E-state index in [4.69, 9.17) is 23.2 Å². The van der Waals surface area contributed by atoms with Crippen LogP contribution in [0.4, 0.5) is 5.82 Å². The highest BCUT2D eigenvalue weighted by molar-refractivity contribution is 9.10. The Bertz CT molecular complexity index is 604. The average molecular weight is 346 g/mol. The Morgan fingerprint density at radius 1 is 1.28 bits per heavy atom. The third kappa shape index (κ3) is 3.02. The van der Waals surface area contributed by atoms with E-state index in [0.717, 1.165) is 0 Å². The van der Waals surface area contributed by atoms with Crippen LogP contribution < -0.4 is 5.32 Å². The Morgan fingerprint density at radius 2 is 2.06 bits per heavy atom. The molecule has 0 aliphatic rings. The highest BCUT2D eigenvalue weighted by Crippen LogP contribution is 2.24. The summed E-state index contributed by atoms with van der Waals surface area (Å²) in [5, 5.41) is 3.57. The lowest BCUT2D eigenvalue weighted by molar-refractivity contribution is 0.102. The maximum atomic E-state index is 12.0. The Kier molecular flexibility index (Phi) is 4.22. The summed E-state index contributed by atoms with van der Waals surface area (Å²) in [5.41, 5.74) is 0.459. The number of carbonyl (C=O) groups is 1. The van der Waals surface area contributed by atoms with E-state index in [1.807, 2.05) is 0 Å². The first-order chi connectivity index (χ1) is 8.58. The van der Waals surface area contributed by atoms with Crippen molar-refractivity contribution in [2.45, 2.75) is 0 Å². The minimum absolute atomic E-state index is 0.306. The summed E-state index contributed by atoms with van der Waals surface area (Å²) in [6.45, 7) is 0. The molecule has 0 atom stereocenters. The van der Waals surface area contributed by atoms with Gasteiger partial charge in [0, 0.05) is 15.7 Å². The van der Waals surface area contributed by atoms with Crippen LogP contribution in [0.3, 0.4) is 0 Å². The number of nitrogens with one attached hydrogen (secondary N) is 1. The molecule has 1 heterocycles. The largest absolute Gasteiger partial charge is 0.305 e. The van der Waals surface area contributed by atoms with Crippen molar-refractivity contribution in [1.82, 2.24) is 4.98 Å². The van der Waals surface area contributed by atoms with Crippen LogP contribution in [0.25, 0.3) is 0 Å². The molecular weight excluding hydrogens is 339 g/mol. The van der Waals surface area contributed by atoms with E-state index in [2.05, 4.69) is 26.2 Å². The number of halogens is 3. The summed E-state index contributed by atoms with van der Waals surface area (Å²) in [5.74, 6) is 0.0187. The van der Waals surface area contributed by atoms with Crippen molar-refractivity contribution >= 4 is 50.9 Å². The van der Waals surface area contributed by atoms with Gasteiger partial charge in [0.05, 0.1) is 10.6 Å². The van der Waals surface area contributed by atoms with Crippen LogP contribution in [0.2, 0.25) is 10.0 Å². The minimum Gasteiger partial charge on any atom is -0.305 e. The first-order valence-corrected chi connectivity index (χ1v) is 6.50. The average Bonchev–Trinajstić information content (AvgIpc) is 2.32. The summed E-state index contributed by atoms with van der Waals surface area (Å²) in [6.07, 6.45) is 1.55. The van der Waals surface area contributed by atoms with Crippen molar-refractivity contribution in [3.63, 3.8) is 0 Å². The number of aromatic nitrogens is 1. The number of amides is 1. The van der Waals surface area contributed by atoms with Crippen molar-refractivity contribution in [1.29, 1.82) is 0 Å². The fourth-order valence-electron chi connectivity index (χ4n) is 1.33. The number of anilines is 1. The summed E-state index contributed by atoms with van der Waals surface area (Å²) in [6, 6.07) is 8.26. The fourth-order valence-corrected chi connectivity index (χ4v) is 2.36. The van der Waals surface area contributed by atoms with Gasteiger partial charge in [-0.2, -0.15) is 0 Å². The molecule has 6 heteroatoms. The summed E-state index contributed by atoms with van der Waals surface area (Å²) in [4.78, 5) is 16.0. The molecule has 0 saturated heterocycles. The lowest BCUT2D eigenvalue weighted by Gasteiger charge is -2.07. The van der Waals surface area contributed by atoms with E-state index in [1.54, 1.807) is 36.5 Å². The molecule has 92 valence electrons. The molecule has 1 aromatic heterocycles. The van der Waals surface area contributed by atoms with E-state index in [-0.39, 0.29) is 5.91 Å². The van der Waals surface area contributed by atoms with E-state index < -0.39 is 0 Å². The molecule has 0 aliphatic carbocycles. The highest BCUT2D eigenvalue weighted by atomic mass is 79.9. The summed E-state index contributed by atoms with van der Waals surface area (Å²) >= 11 is 15.0. The lowest BCUT2D eigenvalue weighted by atomic mass is 10.2. The van der Waals surface area contributed by atoms with Gasteiger partial charge in [0.1, 0.15) is 0 Å². The first-order valence-electron chi connectivity index (χ1n) is 4.95. The molecule has 1 amide bonds. The lowest BCUT2D eigenvalue weighted by Crippen LogP contribution is -2.13. The van der Waals surface area contributed by atoms with Gasteiger partial charge < -0.3 is 5.32 Å². The molecule has 0 unspecified atom stereocenters. The Morgan fingerprint density at radius 3 is 2.72 bits per heavy atom. The molecule has 0 saturated carbocycles. The molecule has 0 aliphatic heterocycles. The quantitative estimate of drug-likeness (QED) is 0.876. The molecular formula is C12H7BrCl2N2O. The number of carbonyl (C=O) groups excluding carboxylic acids is 1. The molecule has 2 rings (SSSR count). The van der Waals surface area contributed by atoms with Gasteiger partial charge in [0.2, 0.25) is 0 Å². The van der Waals surface area contributed by atoms with Crippen molar-refractivity contribution in [2.75, 3.05) is 5.32 Å². The van der Waals surface area contributed by atoms with Crippen molar-refractivity contribution in [2.24, 2.45) is 0 Å². The Labute approximate surface area is 122 Å². The van der Waals surface area contributed by atoms with Crippen LogP contribution in [0, 0.1) is 0 Å². The molecule has 2 aromatic rings. The molecule has 0 bridgehead atoms. The van der Waals surface area contributed by atoms with E-state index in [0.29, 0.717) is 25.9 Å². The Hall–Kier alpha value is -1.10. The number of pyridine rings is 1. The second-order valence-electron chi connectivity index (χ2n) is 3.41.